The molecule has 0 saturated carbocycles. The van der Waals surface area contributed by atoms with E-state index in [1.54, 1.807) is 11.8 Å². The molecule has 0 spiro atoms. The molecule has 1 aliphatic heterocycles. The fraction of sp³-hybridized carbons (Fsp3) is 0.818. The van der Waals surface area contributed by atoms with Gasteiger partial charge >= 0.3 is 5.97 Å². The highest BCUT2D eigenvalue weighted by Crippen LogP contribution is 2.14. The summed E-state index contributed by atoms with van der Waals surface area (Å²) in [6.45, 7) is 3.19. The SMILES string of the molecule is C[C@H](N)C(=O)N1CCC(OCCC(=O)O)CC1. The lowest BCUT2D eigenvalue weighted by Crippen LogP contribution is -2.47. The Morgan fingerprint density at radius 1 is 1.47 bits per heavy atom. The van der Waals surface area contributed by atoms with Crippen LogP contribution in [0, 0.1) is 0 Å². The average Bonchev–Trinajstić information content (AvgIpc) is 2.28. The summed E-state index contributed by atoms with van der Waals surface area (Å²) >= 11 is 0. The van der Waals surface area contributed by atoms with Gasteiger partial charge in [-0.05, 0) is 19.8 Å². The first kappa shape index (κ1) is 13.9. The maximum atomic E-state index is 11.6. The Hall–Kier alpha value is -1.14. The minimum absolute atomic E-state index is 0.0268. The lowest BCUT2D eigenvalue weighted by Gasteiger charge is -2.32. The van der Waals surface area contributed by atoms with Crippen LogP contribution in [0.3, 0.4) is 0 Å². The molecular formula is C11H20N2O4. The lowest BCUT2D eigenvalue weighted by molar-refractivity contribution is -0.139. The molecule has 6 heteroatoms. The Morgan fingerprint density at radius 2 is 2.06 bits per heavy atom. The van der Waals surface area contributed by atoms with Crippen molar-refractivity contribution in [3.8, 4) is 0 Å². The number of hydrogen-bond acceptors (Lipinski definition) is 4. The number of hydrogen-bond donors (Lipinski definition) is 2. The number of rotatable bonds is 5. The Bertz CT molecular complexity index is 273. The van der Waals surface area contributed by atoms with Crippen LogP contribution in [0.1, 0.15) is 26.2 Å². The van der Waals surface area contributed by atoms with E-state index < -0.39 is 12.0 Å². The van der Waals surface area contributed by atoms with Crippen molar-refractivity contribution in [2.75, 3.05) is 19.7 Å². The Kier molecular flexibility index (Phi) is 5.37. The zero-order chi connectivity index (χ0) is 12.8. The molecule has 6 nitrogen and oxygen atoms in total. The number of amides is 1. The van der Waals surface area contributed by atoms with Crippen LogP contribution in [0.25, 0.3) is 0 Å². The van der Waals surface area contributed by atoms with Gasteiger partial charge in [-0.2, -0.15) is 0 Å². The van der Waals surface area contributed by atoms with Crippen molar-refractivity contribution in [1.29, 1.82) is 0 Å². The molecule has 3 N–H and O–H groups in total. The summed E-state index contributed by atoms with van der Waals surface area (Å²) in [6, 6.07) is -0.459. The summed E-state index contributed by atoms with van der Waals surface area (Å²) in [4.78, 5) is 23.6. The van der Waals surface area contributed by atoms with Gasteiger partial charge in [0, 0.05) is 13.1 Å². The van der Waals surface area contributed by atoms with E-state index in [0.717, 1.165) is 12.8 Å². The second-order valence-corrected chi connectivity index (χ2v) is 4.33. The van der Waals surface area contributed by atoms with Crippen molar-refractivity contribution in [3.63, 3.8) is 0 Å². The minimum atomic E-state index is -0.852. The summed E-state index contributed by atoms with van der Waals surface area (Å²) in [5.74, 6) is -0.886. The van der Waals surface area contributed by atoms with E-state index in [9.17, 15) is 9.59 Å². The highest BCUT2D eigenvalue weighted by atomic mass is 16.5. The predicted molar refractivity (Wildman–Crippen MR) is 61.5 cm³/mol. The number of carbonyl (C=O) groups excluding carboxylic acids is 1. The number of nitrogens with zero attached hydrogens (tertiary/aromatic N) is 1. The zero-order valence-electron chi connectivity index (χ0n) is 10.1. The highest BCUT2D eigenvalue weighted by molar-refractivity contribution is 5.81. The molecule has 0 aromatic carbocycles. The largest absolute Gasteiger partial charge is 0.481 e. The second-order valence-electron chi connectivity index (χ2n) is 4.33. The number of carboxylic acids is 1. The number of carbonyl (C=O) groups is 2. The van der Waals surface area contributed by atoms with E-state index in [4.69, 9.17) is 15.6 Å². The monoisotopic (exact) mass is 244 g/mol. The van der Waals surface area contributed by atoms with Crippen LogP contribution in [0.15, 0.2) is 0 Å². The van der Waals surface area contributed by atoms with E-state index in [1.165, 1.54) is 0 Å². The zero-order valence-corrected chi connectivity index (χ0v) is 10.1. The number of piperidine rings is 1. The molecule has 1 fully saturated rings. The maximum absolute atomic E-state index is 11.6. The van der Waals surface area contributed by atoms with E-state index in [1.807, 2.05) is 0 Å². The molecule has 0 aliphatic carbocycles. The van der Waals surface area contributed by atoms with Gasteiger partial charge in [0.25, 0.3) is 0 Å². The van der Waals surface area contributed by atoms with Gasteiger partial charge in [-0.1, -0.05) is 0 Å². The quantitative estimate of drug-likeness (QED) is 0.699. The standard InChI is InChI=1S/C11H20N2O4/c1-8(12)11(16)13-5-2-9(3-6-13)17-7-4-10(14)15/h8-9H,2-7,12H2,1H3,(H,14,15)/t8-/m0/s1. The van der Waals surface area contributed by atoms with Crippen molar-refractivity contribution < 1.29 is 19.4 Å². The molecule has 0 radical (unpaired) electrons. The van der Waals surface area contributed by atoms with Crippen molar-refractivity contribution in [2.24, 2.45) is 5.73 Å². The smallest absolute Gasteiger partial charge is 0.305 e. The molecule has 1 amide bonds. The first-order valence-electron chi connectivity index (χ1n) is 5.88. The van der Waals surface area contributed by atoms with E-state index >= 15 is 0 Å². The Labute approximate surface area is 101 Å². The van der Waals surface area contributed by atoms with E-state index in [0.29, 0.717) is 13.1 Å². The first-order chi connectivity index (χ1) is 8.00. The number of carboxylic acid groups (broad SMARTS) is 1. The average molecular weight is 244 g/mol. The normalized spacial score (nSPS) is 19.1. The number of likely N-dealkylation sites (tertiary alicyclic amines) is 1. The molecule has 17 heavy (non-hydrogen) atoms. The van der Waals surface area contributed by atoms with Crippen molar-refractivity contribution in [3.05, 3.63) is 0 Å². The molecular weight excluding hydrogens is 224 g/mol. The summed E-state index contributed by atoms with van der Waals surface area (Å²) in [5.41, 5.74) is 5.53. The molecule has 0 bridgehead atoms. The van der Waals surface area contributed by atoms with Gasteiger partial charge in [0.05, 0.1) is 25.2 Å². The summed E-state index contributed by atoms with van der Waals surface area (Å²) in [5, 5.41) is 8.47. The third-order valence-electron chi connectivity index (χ3n) is 2.81. The van der Waals surface area contributed by atoms with Crippen LogP contribution in [-0.2, 0) is 14.3 Å². The van der Waals surface area contributed by atoms with Gasteiger partial charge in [-0.25, -0.2) is 0 Å². The van der Waals surface area contributed by atoms with E-state index in [2.05, 4.69) is 0 Å². The fourth-order valence-corrected chi connectivity index (χ4v) is 1.84. The molecule has 1 rings (SSSR count). The fourth-order valence-electron chi connectivity index (χ4n) is 1.84. The second kappa shape index (κ2) is 6.56. The van der Waals surface area contributed by atoms with Crippen molar-refractivity contribution >= 4 is 11.9 Å². The van der Waals surface area contributed by atoms with Crippen LogP contribution in [0.5, 0.6) is 0 Å². The number of aliphatic carboxylic acids is 1. The van der Waals surface area contributed by atoms with Crippen molar-refractivity contribution in [2.45, 2.75) is 38.3 Å². The Balaban J connectivity index is 2.21. The minimum Gasteiger partial charge on any atom is -0.481 e. The molecule has 1 atom stereocenters. The highest BCUT2D eigenvalue weighted by Gasteiger charge is 2.24. The predicted octanol–water partition coefficient (Wildman–Crippen LogP) is -0.184. The molecule has 0 aromatic rings. The third-order valence-corrected chi connectivity index (χ3v) is 2.81. The van der Waals surface area contributed by atoms with Gasteiger partial charge in [0.2, 0.25) is 5.91 Å². The van der Waals surface area contributed by atoms with Crippen LogP contribution in [0.2, 0.25) is 0 Å². The van der Waals surface area contributed by atoms with Gasteiger partial charge < -0.3 is 20.5 Å². The summed E-state index contributed by atoms with van der Waals surface area (Å²) < 4.78 is 5.43. The Morgan fingerprint density at radius 3 is 2.53 bits per heavy atom. The molecule has 0 aromatic heterocycles. The maximum Gasteiger partial charge on any atom is 0.305 e. The topological polar surface area (TPSA) is 92.9 Å². The van der Waals surface area contributed by atoms with Gasteiger partial charge in [-0.3, -0.25) is 9.59 Å². The van der Waals surface area contributed by atoms with Crippen LogP contribution in [0.4, 0.5) is 0 Å². The lowest BCUT2D eigenvalue weighted by atomic mass is 10.1. The molecule has 98 valence electrons. The van der Waals surface area contributed by atoms with Crippen molar-refractivity contribution in [1.82, 2.24) is 4.90 Å². The van der Waals surface area contributed by atoms with E-state index in [-0.39, 0.29) is 25.0 Å². The third kappa shape index (κ3) is 4.70. The number of ether oxygens (including phenoxy) is 1. The number of nitrogens with two attached hydrogens (primary N) is 1. The van der Waals surface area contributed by atoms with Crippen LogP contribution in [-0.4, -0.2) is 53.7 Å². The molecule has 1 saturated heterocycles. The van der Waals surface area contributed by atoms with Crippen LogP contribution >= 0.6 is 0 Å². The summed E-state index contributed by atoms with van der Waals surface area (Å²) in [6.07, 6.45) is 1.58. The molecule has 1 aliphatic rings. The first-order valence-corrected chi connectivity index (χ1v) is 5.88. The van der Waals surface area contributed by atoms with Gasteiger partial charge in [0.15, 0.2) is 0 Å². The molecule has 0 unspecified atom stereocenters. The van der Waals surface area contributed by atoms with Gasteiger partial charge in [-0.15, -0.1) is 0 Å². The summed E-state index contributed by atoms with van der Waals surface area (Å²) in [7, 11) is 0. The molecule has 1 heterocycles. The van der Waals surface area contributed by atoms with Gasteiger partial charge in [0.1, 0.15) is 0 Å². The van der Waals surface area contributed by atoms with Crippen LogP contribution < -0.4 is 5.73 Å².